The predicted molar refractivity (Wildman–Crippen MR) is 103 cm³/mol. The van der Waals surface area contributed by atoms with Crippen molar-refractivity contribution in [2.75, 3.05) is 11.4 Å². The van der Waals surface area contributed by atoms with E-state index in [1.54, 1.807) is 18.2 Å². The van der Waals surface area contributed by atoms with E-state index in [9.17, 15) is 4.79 Å². The topological polar surface area (TPSA) is 38.1 Å². The first-order chi connectivity index (χ1) is 12.0. The van der Waals surface area contributed by atoms with Crippen molar-refractivity contribution in [3.05, 3.63) is 50.5 Å². The fourth-order valence-corrected chi connectivity index (χ4v) is 4.36. The number of hydrogen-bond acceptors (Lipinski definition) is 3. The Labute approximate surface area is 159 Å². The van der Waals surface area contributed by atoms with Gasteiger partial charge in [0.15, 0.2) is 6.29 Å². The van der Waals surface area contributed by atoms with Crippen LogP contribution in [0.2, 0.25) is 15.1 Å². The van der Waals surface area contributed by atoms with Crippen LogP contribution in [0, 0.1) is 6.92 Å². The monoisotopic (exact) mass is 393 g/mol. The highest BCUT2D eigenvalue weighted by Gasteiger charge is 2.27. The maximum absolute atomic E-state index is 11.5. The third kappa shape index (κ3) is 2.60. The van der Waals surface area contributed by atoms with E-state index in [0.29, 0.717) is 26.1 Å². The molecule has 0 saturated heterocycles. The largest absolute Gasteiger partial charge is 0.310 e. The molecule has 0 bridgehead atoms. The molecule has 0 atom stereocenters. The Hall–Kier alpha value is -1.75. The molecular weight excluding hydrogens is 381 g/mol. The molecule has 128 valence electrons. The fourth-order valence-electron chi connectivity index (χ4n) is 3.47. The van der Waals surface area contributed by atoms with Crippen LogP contribution in [0.1, 0.15) is 22.3 Å². The van der Waals surface area contributed by atoms with Crippen LogP contribution in [0.25, 0.3) is 11.0 Å². The van der Waals surface area contributed by atoms with Gasteiger partial charge in [0.05, 0.1) is 21.2 Å². The van der Waals surface area contributed by atoms with Crippen LogP contribution in [0.5, 0.6) is 0 Å². The number of halogens is 3. The van der Waals surface area contributed by atoms with Crippen molar-refractivity contribution in [1.82, 2.24) is 9.55 Å². The molecule has 0 unspecified atom stereocenters. The summed E-state index contributed by atoms with van der Waals surface area (Å²) >= 11 is 18.9. The van der Waals surface area contributed by atoms with Crippen LogP contribution >= 0.6 is 34.8 Å². The molecule has 0 spiro atoms. The lowest BCUT2D eigenvalue weighted by Gasteiger charge is -2.31. The number of rotatable bonds is 2. The van der Waals surface area contributed by atoms with E-state index in [-0.39, 0.29) is 0 Å². The number of benzene rings is 2. The molecule has 1 aromatic heterocycles. The van der Waals surface area contributed by atoms with E-state index in [1.807, 2.05) is 17.6 Å². The molecule has 7 heteroatoms. The van der Waals surface area contributed by atoms with Crippen LogP contribution in [0.15, 0.2) is 24.3 Å². The Balaban J connectivity index is 1.99. The number of aldehydes is 1. The minimum Gasteiger partial charge on any atom is -0.310 e. The predicted octanol–water partition coefficient (Wildman–Crippen LogP) is 5.66. The first-order valence-corrected chi connectivity index (χ1v) is 9.01. The van der Waals surface area contributed by atoms with Crippen molar-refractivity contribution in [2.45, 2.75) is 19.9 Å². The van der Waals surface area contributed by atoms with Gasteiger partial charge in [-0.2, -0.15) is 0 Å². The van der Waals surface area contributed by atoms with E-state index in [2.05, 4.69) is 4.90 Å². The number of carbonyl (C=O) groups is 1. The molecule has 2 heterocycles. The maximum Gasteiger partial charge on any atom is 0.211 e. The zero-order valence-electron chi connectivity index (χ0n) is 13.4. The Morgan fingerprint density at radius 3 is 2.64 bits per heavy atom. The summed E-state index contributed by atoms with van der Waals surface area (Å²) in [5, 5.41) is 1.71. The molecule has 3 aromatic rings. The van der Waals surface area contributed by atoms with Gasteiger partial charge in [-0.25, -0.2) is 4.98 Å². The Morgan fingerprint density at radius 1 is 1.12 bits per heavy atom. The molecule has 0 fully saturated rings. The highest BCUT2D eigenvalue weighted by molar-refractivity contribution is 6.37. The standard InChI is InChI=1S/C18H14Cl3N3O/c1-10-7-12(19)8-14(21)16(10)23-5-2-6-24-17-11(9-25)3-4-13(20)15(17)22-18(23)24/h3-4,7-9H,2,5-6H2,1H3. The van der Waals surface area contributed by atoms with Gasteiger partial charge in [-0.1, -0.05) is 34.8 Å². The van der Waals surface area contributed by atoms with Gasteiger partial charge in [0, 0.05) is 23.7 Å². The number of nitrogens with zero attached hydrogens (tertiary/aromatic N) is 3. The molecule has 0 radical (unpaired) electrons. The highest BCUT2D eigenvalue weighted by atomic mass is 35.5. The average Bonchev–Trinajstić information content (AvgIpc) is 2.96. The normalized spacial score (nSPS) is 14.0. The Morgan fingerprint density at radius 2 is 1.92 bits per heavy atom. The third-order valence-electron chi connectivity index (χ3n) is 4.48. The van der Waals surface area contributed by atoms with Crippen molar-refractivity contribution >= 4 is 63.8 Å². The molecule has 4 rings (SSSR count). The molecule has 4 nitrogen and oxygen atoms in total. The second-order valence-corrected chi connectivity index (χ2v) is 7.32. The van der Waals surface area contributed by atoms with Gasteiger partial charge in [0.1, 0.15) is 5.52 Å². The lowest BCUT2D eigenvalue weighted by Crippen LogP contribution is -2.29. The lowest BCUT2D eigenvalue weighted by atomic mass is 10.1. The van der Waals surface area contributed by atoms with Crippen LogP contribution in [-0.2, 0) is 6.54 Å². The summed E-state index contributed by atoms with van der Waals surface area (Å²) in [5.41, 5.74) is 3.84. The number of imidazole rings is 1. The van der Waals surface area contributed by atoms with E-state index in [1.165, 1.54) is 0 Å². The minimum absolute atomic E-state index is 0.529. The van der Waals surface area contributed by atoms with Gasteiger partial charge < -0.3 is 9.47 Å². The molecule has 0 N–H and O–H groups in total. The molecule has 0 amide bonds. The first-order valence-electron chi connectivity index (χ1n) is 7.88. The Bertz CT molecular complexity index is 989. The zero-order valence-corrected chi connectivity index (χ0v) is 15.7. The number of aromatic nitrogens is 2. The van der Waals surface area contributed by atoms with Gasteiger partial charge in [0.25, 0.3) is 0 Å². The number of anilines is 2. The minimum atomic E-state index is 0.529. The second-order valence-electron chi connectivity index (χ2n) is 6.07. The SMILES string of the molecule is Cc1cc(Cl)cc(Cl)c1N1CCCn2c1nc1c(Cl)ccc(C=O)c12. The van der Waals surface area contributed by atoms with Crippen molar-refractivity contribution in [2.24, 2.45) is 0 Å². The first kappa shape index (κ1) is 16.7. The molecular formula is C18H14Cl3N3O. The van der Waals surface area contributed by atoms with Gasteiger partial charge in [-0.3, -0.25) is 4.79 Å². The van der Waals surface area contributed by atoms with Crippen molar-refractivity contribution in [3.63, 3.8) is 0 Å². The van der Waals surface area contributed by atoms with Crippen molar-refractivity contribution in [3.8, 4) is 0 Å². The molecule has 25 heavy (non-hydrogen) atoms. The van der Waals surface area contributed by atoms with Gasteiger partial charge in [-0.15, -0.1) is 0 Å². The molecule has 2 aromatic carbocycles. The quantitative estimate of drug-likeness (QED) is 0.526. The molecule has 1 aliphatic rings. The van der Waals surface area contributed by atoms with Crippen LogP contribution in [-0.4, -0.2) is 22.4 Å². The zero-order chi connectivity index (χ0) is 17.7. The van der Waals surface area contributed by atoms with Crippen molar-refractivity contribution in [1.29, 1.82) is 0 Å². The van der Waals surface area contributed by atoms with Gasteiger partial charge in [0.2, 0.25) is 5.95 Å². The summed E-state index contributed by atoms with van der Waals surface area (Å²) in [6.45, 7) is 3.52. The van der Waals surface area contributed by atoms with Crippen LogP contribution in [0.4, 0.5) is 11.6 Å². The van der Waals surface area contributed by atoms with E-state index in [0.717, 1.165) is 48.5 Å². The third-order valence-corrected chi connectivity index (χ3v) is 5.29. The second kappa shape index (κ2) is 6.20. The summed E-state index contributed by atoms with van der Waals surface area (Å²) in [6, 6.07) is 7.05. The van der Waals surface area contributed by atoms with Crippen molar-refractivity contribution < 1.29 is 4.79 Å². The summed E-state index contributed by atoms with van der Waals surface area (Å²) in [6.07, 6.45) is 1.74. The number of hydrogen-bond donors (Lipinski definition) is 0. The van der Waals surface area contributed by atoms with E-state index >= 15 is 0 Å². The van der Waals surface area contributed by atoms with E-state index < -0.39 is 0 Å². The highest BCUT2D eigenvalue weighted by Crippen LogP contribution is 2.40. The van der Waals surface area contributed by atoms with Gasteiger partial charge in [-0.05, 0) is 43.2 Å². The summed E-state index contributed by atoms with van der Waals surface area (Å²) in [7, 11) is 0. The smallest absolute Gasteiger partial charge is 0.211 e. The number of aryl methyl sites for hydroxylation is 2. The fraction of sp³-hybridized carbons (Fsp3) is 0.222. The Kier molecular flexibility index (Phi) is 4.14. The lowest BCUT2D eigenvalue weighted by molar-refractivity contribution is 0.112. The number of fused-ring (bicyclic) bond motifs is 3. The summed E-state index contributed by atoms with van der Waals surface area (Å²) < 4.78 is 2.04. The molecule has 1 aliphatic heterocycles. The molecule has 0 saturated carbocycles. The average molecular weight is 395 g/mol. The van der Waals surface area contributed by atoms with Crippen LogP contribution < -0.4 is 4.90 Å². The summed E-state index contributed by atoms with van der Waals surface area (Å²) in [5.74, 6) is 0.741. The molecule has 0 aliphatic carbocycles. The van der Waals surface area contributed by atoms with E-state index in [4.69, 9.17) is 39.8 Å². The number of carbonyl (C=O) groups excluding carboxylic acids is 1. The van der Waals surface area contributed by atoms with Gasteiger partial charge >= 0.3 is 0 Å². The summed E-state index contributed by atoms with van der Waals surface area (Å²) in [4.78, 5) is 18.3. The maximum atomic E-state index is 11.5. The van der Waals surface area contributed by atoms with Crippen LogP contribution in [0.3, 0.4) is 0 Å².